The van der Waals surface area contributed by atoms with Crippen LogP contribution >= 0.6 is 11.8 Å². The van der Waals surface area contributed by atoms with E-state index in [2.05, 4.69) is 0 Å². The first-order valence-electron chi connectivity index (χ1n) is 10.1. The second-order valence-electron chi connectivity index (χ2n) is 7.77. The Morgan fingerprint density at radius 2 is 1.93 bits per heavy atom. The lowest BCUT2D eigenvalue weighted by atomic mass is 9.85. The lowest BCUT2D eigenvalue weighted by molar-refractivity contribution is -0.127. The molecule has 1 aromatic rings. The van der Waals surface area contributed by atoms with Crippen molar-refractivity contribution in [2.24, 2.45) is 0 Å². The highest BCUT2D eigenvalue weighted by Crippen LogP contribution is 2.31. The van der Waals surface area contributed by atoms with Gasteiger partial charge in [0, 0.05) is 6.54 Å². The number of benzene rings is 1. The Morgan fingerprint density at radius 1 is 1.21 bits per heavy atom. The van der Waals surface area contributed by atoms with E-state index in [9.17, 15) is 14.7 Å². The molecule has 0 aromatic heterocycles. The first-order chi connectivity index (χ1) is 13.5. The van der Waals surface area contributed by atoms with Crippen LogP contribution in [0.15, 0.2) is 36.4 Å². The molecule has 2 aliphatic rings. The van der Waals surface area contributed by atoms with Crippen LogP contribution in [0.25, 0.3) is 0 Å². The number of nitrogens with zero attached hydrogens (tertiary/aromatic N) is 1. The maximum absolute atomic E-state index is 12.2. The van der Waals surface area contributed by atoms with E-state index in [1.54, 1.807) is 23.9 Å². The molecule has 3 rings (SSSR count). The molecule has 0 radical (unpaired) electrons. The summed E-state index contributed by atoms with van der Waals surface area (Å²) >= 11 is 1.69. The average molecular weight is 404 g/mol. The molecule has 2 fully saturated rings. The number of aryl methyl sites for hydroxylation is 1. The van der Waals surface area contributed by atoms with Gasteiger partial charge in [-0.15, -0.1) is 11.8 Å². The summed E-state index contributed by atoms with van der Waals surface area (Å²) < 4.78 is 0. The van der Waals surface area contributed by atoms with Gasteiger partial charge < -0.3 is 15.1 Å². The van der Waals surface area contributed by atoms with E-state index >= 15 is 0 Å². The van der Waals surface area contributed by atoms with E-state index in [1.807, 2.05) is 29.2 Å². The third-order valence-electron chi connectivity index (χ3n) is 5.63. The fourth-order valence-corrected chi connectivity index (χ4v) is 5.19. The normalized spacial score (nSPS) is 22.1. The van der Waals surface area contributed by atoms with E-state index in [1.165, 1.54) is 6.42 Å². The molecular weight excluding hydrogens is 374 g/mol. The van der Waals surface area contributed by atoms with E-state index in [-0.39, 0.29) is 11.3 Å². The molecule has 6 heteroatoms. The molecule has 28 heavy (non-hydrogen) atoms. The standard InChI is InChI=1S/C22H29NO4S/c24-19-16-28-20(7-4-6-17-8-10-18(11-9-17)21(25)26)23(19)15-5-14-22(27)12-2-1-3-13-22/h5,8-11,14,20,27H,1-4,6-7,12-13,15-16H2,(H,25,26). The summed E-state index contributed by atoms with van der Waals surface area (Å²) in [6.07, 6.45) is 11.6. The van der Waals surface area contributed by atoms with Crippen LogP contribution in [0.5, 0.6) is 0 Å². The molecule has 1 atom stereocenters. The maximum Gasteiger partial charge on any atom is 0.335 e. The number of amides is 1. The lowest BCUT2D eigenvalue weighted by Crippen LogP contribution is -2.34. The van der Waals surface area contributed by atoms with Crippen LogP contribution in [0.4, 0.5) is 0 Å². The Bertz CT molecular complexity index is 710. The van der Waals surface area contributed by atoms with E-state index < -0.39 is 11.6 Å². The Hall–Kier alpha value is -1.79. The molecular formula is C22H29NO4S. The highest BCUT2D eigenvalue weighted by Gasteiger charge is 2.31. The van der Waals surface area contributed by atoms with Gasteiger partial charge in [-0.05, 0) is 49.8 Å². The summed E-state index contributed by atoms with van der Waals surface area (Å²) in [4.78, 5) is 25.1. The van der Waals surface area contributed by atoms with Crippen LogP contribution in [-0.2, 0) is 11.2 Å². The molecule has 5 nitrogen and oxygen atoms in total. The molecule has 1 aromatic carbocycles. The predicted molar refractivity (Wildman–Crippen MR) is 111 cm³/mol. The number of carboxylic acids is 1. The summed E-state index contributed by atoms with van der Waals surface area (Å²) in [5, 5.41) is 19.7. The molecule has 1 saturated carbocycles. The predicted octanol–water partition coefficient (Wildman–Crippen LogP) is 3.86. The number of aliphatic hydroxyl groups is 1. The van der Waals surface area contributed by atoms with Crippen LogP contribution < -0.4 is 0 Å². The first-order valence-corrected chi connectivity index (χ1v) is 11.2. The minimum atomic E-state index is -0.908. The van der Waals surface area contributed by atoms with Crippen LogP contribution in [0.3, 0.4) is 0 Å². The smallest absolute Gasteiger partial charge is 0.335 e. The third kappa shape index (κ3) is 5.61. The number of carboxylic acid groups (broad SMARTS) is 1. The van der Waals surface area contributed by atoms with Gasteiger partial charge in [-0.25, -0.2) is 4.79 Å². The topological polar surface area (TPSA) is 77.8 Å². The molecule has 1 aliphatic carbocycles. The quantitative estimate of drug-likeness (QED) is 0.645. The zero-order chi connectivity index (χ0) is 20.0. The lowest BCUT2D eigenvalue weighted by Gasteiger charge is -2.29. The van der Waals surface area contributed by atoms with Crippen molar-refractivity contribution in [3.8, 4) is 0 Å². The van der Waals surface area contributed by atoms with Gasteiger partial charge in [0.25, 0.3) is 0 Å². The van der Waals surface area contributed by atoms with Gasteiger partial charge in [-0.1, -0.05) is 43.5 Å². The Balaban J connectivity index is 1.47. The number of hydrogen-bond donors (Lipinski definition) is 2. The van der Waals surface area contributed by atoms with Gasteiger partial charge >= 0.3 is 5.97 Å². The molecule has 1 saturated heterocycles. The number of carbonyl (C=O) groups excluding carboxylic acids is 1. The van der Waals surface area contributed by atoms with Crippen LogP contribution in [0.2, 0.25) is 0 Å². The van der Waals surface area contributed by atoms with Crippen molar-refractivity contribution in [2.45, 2.75) is 62.3 Å². The molecule has 152 valence electrons. The van der Waals surface area contributed by atoms with E-state index in [0.29, 0.717) is 17.9 Å². The van der Waals surface area contributed by atoms with Gasteiger partial charge in [0.15, 0.2) is 0 Å². The summed E-state index contributed by atoms with van der Waals surface area (Å²) in [7, 11) is 0. The SMILES string of the molecule is O=C(O)c1ccc(CCCC2SCC(=O)N2CC=CC2(O)CCCCC2)cc1. The van der Waals surface area contributed by atoms with Gasteiger partial charge in [0.1, 0.15) is 0 Å². The second kappa shape index (κ2) is 9.61. The minimum absolute atomic E-state index is 0.168. The Morgan fingerprint density at radius 3 is 2.61 bits per heavy atom. The summed E-state index contributed by atoms with van der Waals surface area (Å²) in [6, 6.07) is 7.00. The van der Waals surface area contributed by atoms with Crippen molar-refractivity contribution < 1.29 is 19.8 Å². The van der Waals surface area contributed by atoms with Gasteiger partial charge in [-0.3, -0.25) is 4.79 Å². The van der Waals surface area contributed by atoms with Crippen LogP contribution in [0.1, 0.15) is 60.9 Å². The van der Waals surface area contributed by atoms with Gasteiger partial charge in [0.2, 0.25) is 5.91 Å². The molecule has 0 spiro atoms. The largest absolute Gasteiger partial charge is 0.478 e. The van der Waals surface area contributed by atoms with Crippen LogP contribution in [0, 0.1) is 0 Å². The molecule has 1 heterocycles. The fourth-order valence-electron chi connectivity index (χ4n) is 3.97. The van der Waals surface area contributed by atoms with Crippen molar-refractivity contribution in [2.75, 3.05) is 12.3 Å². The average Bonchev–Trinajstić information content (AvgIpc) is 3.03. The minimum Gasteiger partial charge on any atom is -0.478 e. The number of thioether (sulfide) groups is 1. The van der Waals surface area contributed by atoms with E-state index in [4.69, 9.17) is 5.11 Å². The summed E-state index contributed by atoms with van der Waals surface area (Å²) in [6.45, 7) is 0.562. The van der Waals surface area contributed by atoms with Crippen LogP contribution in [-0.4, -0.2) is 50.3 Å². The van der Waals surface area contributed by atoms with Gasteiger partial charge in [-0.2, -0.15) is 0 Å². The molecule has 0 bridgehead atoms. The summed E-state index contributed by atoms with van der Waals surface area (Å²) in [5.74, 6) is -0.217. The van der Waals surface area contributed by atoms with E-state index in [0.717, 1.165) is 50.5 Å². The zero-order valence-corrected chi connectivity index (χ0v) is 17.0. The number of rotatable bonds is 8. The number of aromatic carboxylic acids is 1. The van der Waals surface area contributed by atoms with Crippen molar-refractivity contribution in [1.82, 2.24) is 4.90 Å². The zero-order valence-electron chi connectivity index (χ0n) is 16.2. The highest BCUT2D eigenvalue weighted by atomic mass is 32.2. The highest BCUT2D eigenvalue weighted by molar-refractivity contribution is 8.00. The first kappa shape index (κ1) is 20.9. The van der Waals surface area contributed by atoms with Crippen molar-refractivity contribution in [3.05, 3.63) is 47.5 Å². The van der Waals surface area contributed by atoms with Crippen molar-refractivity contribution in [1.29, 1.82) is 0 Å². The van der Waals surface area contributed by atoms with Gasteiger partial charge in [0.05, 0.1) is 22.3 Å². The molecule has 1 unspecified atom stereocenters. The second-order valence-corrected chi connectivity index (χ2v) is 8.94. The third-order valence-corrected chi connectivity index (χ3v) is 6.92. The molecule has 2 N–H and O–H groups in total. The fraction of sp³-hybridized carbons (Fsp3) is 0.545. The molecule has 1 aliphatic heterocycles. The maximum atomic E-state index is 12.2. The summed E-state index contributed by atoms with van der Waals surface area (Å²) in [5.41, 5.74) is 0.731. The number of carbonyl (C=O) groups is 2. The Labute approximate surface area is 170 Å². The van der Waals surface area contributed by atoms with Crippen molar-refractivity contribution >= 4 is 23.6 Å². The monoisotopic (exact) mass is 403 g/mol. The molecule has 1 amide bonds. The van der Waals surface area contributed by atoms with Crippen molar-refractivity contribution in [3.63, 3.8) is 0 Å². The Kier molecular flexibility index (Phi) is 7.18. The number of hydrogen-bond acceptors (Lipinski definition) is 4.